The molecule has 0 aliphatic heterocycles. The topological polar surface area (TPSA) is 109 Å². The second kappa shape index (κ2) is 12.0. The van der Waals surface area contributed by atoms with Crippen LogP contribution >= 0.6 is 0 Å². The van der Waals surface area contributed by atoms with Crippen LogP contribution in [0.15, 0.2) is 18.3 Å². The fourth-order valence-electron chi connectivity index (χ4n) is 5.53. The maximum absolute atomic E-state index is 13.5. The second-order valence-corrected chi connectivity index (χ2v) is 9.26. The monoisotopic (exact) mass is 429 g/mol. The smallest absolute Gasteiger partial charge is 0.243 e. The minimum atomic E-state index is -0.492. The zero-order valence-electron chi connectivity index (χ0n) is 18.9. The number of hydrogen-bond donors (Lipinski definition) is 4. The Balaban J connectivity index is 1.79. The lowest BCUT2D eigenvalue weighted by molar-refractivity contribution is -0.132. The molecular formula is C24H39N5O2. The third-order valence-corrected chi connectivity index (χ3v) is 7.02. The Kier molecular flexibility index (Phi) is 9.13. The first-order chi connectivity index (χ1) is 15.1. The number of likely N-dealkylation sites (N-methyl/N-ethyl adjacent to an activating group) is 1. The van der Waals surface area contributed by atoms with Crippen LogP contribution in [0.1, 0.15) is 69.8 Å². The molecule has 31 heavy (non-hydrogen) atoms. The molecule has 2 amide bonds. The van der Waals surface area contributed by atoms with E-state index in [-0.39, 0.29) is 24.3 Å². The number of rotatable bonds is 9. The average Bonchev–Trinajstić information content (AvgIpc) is 2.80. The molecule has 1 aromatic heterocycles. The van der Waals surface area contributed by atoms with Crippen LogP contribution in [-0.2, 0) is 16.1 Å². The van der Waals surface area contributed by atoms with Crippen LogP contribution in [0.25, 0.3) is 0 Å². The van der Waals surface area contributed by atoms with Crippen LogP contribution < -0.4 is 21.7 Å². The zero-order valence-corrected chi connectivity index (χ0v) is 18.9. The van der Waals surface area contributed by atoms with Gasteiger partial charge in [-0.25, -0.2) is 4.98 Å². The number of nitrogens with one attached hydrogen (secondary N) is 3. The number of pyridine rings is 1. The molecule has 0 bridgehead atoms. The van der Waals surface area contributed by atoms with Crippen molar-refractivity contribution in [2.24, 2.45) is 17.8 Å². The fourth-order valence-corrected chi connectivity index (χ4v) is 5.53. The highest BCUT2D eigenvalue weighted by molar-refractivity contribution is 5.88. The molecule has 7 heteroatoms. The van der Waals surface area contributed by atoms with Gasteiger partial charge in [0.05, 0.1) is 6.54 Å². The van der Waals surface area contributed by atoms with Gasteiger partial charge in [0.2, 0.25) is 11.8 Å². The molecule has 2 aliphatic rings. The summed E-state index contributed by atoms with van der Waals surface area (Å²) < 4.78 is 0. The number of nitrogen functional groups attached to an aromatic ring is 1. The van der Waals surface area contributed by atoms with E-state index in [4.69, 9.17) is 5.73 Å². The summed E-state index contributed by atoms with van der Waals surface area (Å²) in [5, 5.41) is 9.09. The zero-order chi connectivity index (χ0) is 22.1. The van der Waals surface area contributed by atoms with Crippen LogP contribution in [0.2, 0.25) is 0 Å². The van der Waals surface area contributed by atoms with Crippen molar-refractivity contribution < 1.29 is 9.59 Å². The number of nitrogens with two attached hydrogens (primary N) is 1. The van der Waals surface area contributed by atoms with Gasteiger partial charge in [0.15, 0.2) is 0 Å². The van der Waals surface area contributed by atoms with E-state index in [2.05, 4.69) is 20.9 Å². The van der Waals surface area contributed by atoms with Crippen LogP contribution in [0.4, 0.5) is 5.82 Å². The summed E-state index contributed by atoms with van der Waals surface area (Å²) in [4.78, 5) is 30.1. The molecule has 3 rings (SSSR count). The van der Waals surface area contributed by atoms with E-state index >= 15 is 0 Å². The summed E-state index contributed by atoms with van der Waals surface area (Å²) in [6.45, 7) is 0.598. The van der Waals surface area contributed by atoms with E-state index in [0.29, 0.717) is 24.2 Å². The Hall–Kier alpha value is -2.15. The van der Waals surface area contributed by atoms with Crippen molar-refractivity contribution in [3.63, 3.8) is 0 Å². The normalized spacial score (nSPS) is 19.2. The maximum Gasteiger partial charge on any atom is 0.243 e. The Labute approximate surface area is 186 Å². The lowest BCUT2D eigenvalue weighted by Crippen LogP contribution is -2.56. The Morgan fingerprint density at radius 2 is 1.65 bits per heavy atom. The summed E-state index contributed by atoms with van der Waals surface area (Å²) in [5.41, 5.74) is 6.57. The fraction of sp³-hybridized carbons (Fsp3) is 0.708. The number of hydrogen-bond acceptors (Lipinski definition) is 5. The molecule has 2 saturated carbocycles. The van der Waals surface area contributed by atoms with Crippen molar-refractivity contribution in [1.82, 2.24) is 20.9 Å². The van der Waals surface area contributed by atoms with Crippen LogP contribution in [0.3, 0.4) is 0 Å². The highest BCUT2D eigenvalue weighted by Gasteiger charge is 2.40. The number of anilines is 1. The highest BCUT2D eigenvalue weighted by Crippen LogP contribution is 2.41. The summed E-state index contributed by atoms with van der Waals surface area (Å²) >= 11 is 0. The second-order valence-electron chi connectivity index (χ2n) is 9.26. The van der Waals surface area contributed by atoms with E-state index in [1.807, 2.05) is 6.07 Å². The van der Waals surface area contributed by atoms with Crippen molar-refractivity contribution >= 4 is 17.6 Å². The Morgan fingerprint density at radius 1 is 1.03 bits per heavy atom. The molecule has 172 valence electrons. The minimum Gasteiger partial charge on any atom is -0.384 e. The Bertz CT molecular complexity index is 678. The molecule has 5 N–H and O–H groups in total. The van der Waals surface area contributed by atoms with Gasteiger partial charge in [-0.2, -0.15) is 0 Å². The molecule has 0 radical (unpaired) electrons. The quantitative estimate of drug-likeness (QED) is 0.483. The van der Waals surface area contributed by atoms with E-state index in [0.717, 1.165) is 31.2 Å². The van der Waals surface area contributed by atoms with Gasteiger partial charge in [0.25, 0.3) is 0 Å². The van der Waals surface area contributed by atoms with Crippen LogP contribution in [0.5, 0.6) is 0 Å². The molecule has 0 saturated heterocycles. The van der Waals surface area contributed by atoms with E-state index in [1.54, 1.807) is 19.3 Å². The molecule has 1 heterocycles. The summed E-state index contributed by atoms with van der Waals surface area (Å²) in [5.74, 6) is 1.46. The molecule has 1 aromatic rings. The van der Waals surface area contributed by atoms with Gasteiger partial charge in [-0.3, -0.25) is 9.59 Å². The van der Waals surface area contributed by atoms with Crippen LogP contribution in [0, 0.1) is 17.8 Å². The molecule has 0 unspecified atom stereocenters. The molecule has 0 aromatic carbocycles. The van der Waals surface area contributed by atoms with Gasteiger partial charge in [-0.1, -0.05) is 70.3 Å². The molecule has 2 aliphatic carbocycles. The number of nitrogens with zero attached hydrogens (tertiary/aromatic N) is 1. The molecule has 1 atom stereocenters. The number of amides is 2. The third-order valence-electron chi connectivity index (χ3n) is 7.02. The average molecular weight is 430 g/mol. The minimum absolute atomic E-state index is 0.0811. The van der Waals surface area contributed by atoms with Crippen LogP contribution in [-0.4, -0.2) is 36.4 Å². The van der Waals surface area contributed by atoms with Gasteiger partial charge in [-0.05, 0) is 36.4 Å². The number of carbonyl (C=O) groups excluding carboxylic acids is 2. The lowest BCUT2D eigenvalue weighted by atomic mass is 9.66. The largest absolute Gasteiger partial charge is 0.384 e. The third kappa shape index (κ3) is 6.92. The predicted octanol–water partition coefficient (Wildman–Crippen LogP) is 2.76. The van der Waals surface area contributed by atoms with Gasteiger partial charge < -0.3 is 21.7 Å². The standard InChI is InChI=1S/C24H39N5O2/c1-26-16-21(30)29-23(24(31)28-15-17-12-13-20(25)27-14-17)22(18-8-4-2-5-9-18)19-10-6-3-7-11-19/h12-14,18-19,22-23,26H,2-11,15-16H2,1H3,(H2,25,27)(H,28,31)(H,29,30)/t23-/m1/s1. The van der Waals surface area contributed by atoms with E-state index in [9.17, 15) is 9.59 Å². The van der Waals surface area contributed by atoms with Crippen molar-refractivity contribution in [3.05, 3.63) is 23.9 Å². The molecule has 0 spiro atoms. The van der Waals surface area contributed by atoms with Gasteiger partial charge in [0.1, 0.15) is 11.9 Å². The highest BCUT2D eigenvalue weighted by atomic mass is 16.2. The first-order valence-electron chi connectivity index (χ1n) is 12.0. The van der Waals surface area contributed by atoms with Crippen molar-refractivity contribution in [3.8, 4) is 0 Å². The molecular weight excluding hydrogens is 390 g/mol. The summed E-state index contributed by atoms with van der Waals surface area (Å²) in [6.07, 6.45) is 13.8. The Morgan fingerprint density at radius 3 is 2.16 bits per heavy atom. The maximum atomic E-state index is 13.5. The van der Waals surface area contributed by atoms with Crippen molar-refractivity contribution in [2.45, 2.75) is 76.8 Å². The van der Waals surface area contributed by atoms with E-state index < -0.39 is 6.04 Å². The summed E-state index contributed by atoms with van der Waals surface area (Å²) in [6, 6.07) is 3.12. The van der Waals surface area contributed by atoms with Gasteiger partial charge in [0, 0.05) is 12.7 Å². The number of aromatic nitrogens is 1. The molecule has 2 fully saturated rings. The SMILES string of the molecule is CNCC(=O)N[C@@H](C(=O)NCc1ccc(N)nc1)C(C1CCCCC1)C1CCCCC1. The van der Waals surface area contributed by atoms with E-state index in [1.165, 1.54) is 38.5 Å². The van der Waals surface area contributed by atoms with Crippen molar-refractivity contribution in [2.75, 3.05) is 19.3 Å². The first-order valence-corrected chi connectivity index (χ1v) is 12.0. The number of carbonyl (C=O) groups is 2. The first kappa shape index (κ1) is 23.5. The molecule has 7 nitrogen and oxygen atoms in total. The van der Waals surface area contributed by atoms with Crippen molar-refractivity contribution in [1.29, 1.82) is 0 Å². The van der Waals surface area contributed by atoms with Gasteiger partial charge >= 0.3 is 0 Å². The predicted molar refractivity (Wildman–Crippen MR) is 123 cm³/mol. The lowest BCUT2D eigenvalue weighted by Gasteiger charge is -2.42. The van der Waals surface area contributed by atoms with Gasteiger partial charge in [-0.15, -0.1) is 0 Å². The summed E-state index contributed by atoms with van der Waals surface area (Å²) in [7, 11) is 1.75.